The summed E-state index contributed by atoms with van der Waals surface area (Å²) in [5.41, 5.74) is 0.415. The average molecular weight is 470 g/mol. The van der Waals surface area contributed by atoms with Crippen molar-refractivity contribution in [3.63, 3.8) is 0 Å². The van der Waals surface area contributed by atoms with E-state index in [-0.39, 0.29) is 36.0 Å². The van der Waals surface area contributed by atoms with Crippen LogP contribution in [0.5, 0.6) is 5.75 Å². The van der Waals surface area contributed by atoms with Crippen molar-refractivity contribution in [2.24, 2.45) is 0 Å². The Morgan fingerprint density at radius 1 is 1.03 bits per heavy atom. The van der Waals surface area contributed by atoms with Crippen molar-refractivity contribution in [1.82, 2.24) is 4.57 Å². The molecule has 0 spiro atoms. The van der Waals surface area contributed by atoms with E-state index in [0.717, 1.165) is 10.9 Å². The molecule has 1 aromatic carbocycles. The fourth-order valence-electron chi connectivity index (χ4n) is 3.68. The van der Waals surface area contributed by atoms with Gasteiger partial charge in [0.15, 0.2) is 0 Å². The number of carbonyl (C=O) groups excluding carboxylic acids is 3. The Morgan fingerprint density at radius 2 is 1.68 bits per heavy atom. The second-order valence-corrected chi connectivity index (χ2v) is 7.33. The highest BCUT2D eigenvalue weighted by molar-refractivity contribution is 6.09. The second-order valence-electron chi connectivity index (χ2n) is 7.33. The molecule has 0 unspecified atom stereocenters. The van der Waals surface area contributed by atoms with Gasteiger partial charge in [0.25, 0.3) is 5.56 Å². The van der Waals surface area contributed by atoms with Gasteiger partial charge in [-0.3, -0.25) is 19.5 Å². The largest absolute Gasteiger partial charge is 0.495 e. The number of fused-ring (bicyclic) bond motifs is 1. The number of carbonyl (C=O) groups is 3. The number of anilines is 1. The molecule has 10 heteroatoms. The number of aromatic nitrogens is 1. The van der Waals surface area contributed by atoms with Gasteiger partial charge in [-0.05, 0) is 39.3 Å². The van der Waals surface area contributed by atoms with Crippen LogP contribution in [0.1, 0.15) is 45.9 Å². The Bertz CT molecular complexity index is 1320. The van der Waals surface area contributed by atoms with Gasteiger partial charge in [0.05, 0.1) is 25.8 Å². The van der Waals surface area contributed by atoms with Crippen LogP contribution in [-0.4, -0.2) is 42.7 Å². The van der Waals surface area contributed by atoms with Gasteiger partial charge in [0.1, 0.15) is 29.2 Å². The van der Waals surface area contributed by atoms with E-state index in [1.54, 1.807) is 32.9 Å². The minimum Gasteiger partial charge on any atom is -0.495 e. The molecule has 2 heterocycles. The van der Waals surface area contributed by atoms with E-state index < -0.39 is 29.9 Å². The summed E-state index contributed by atoms with van der Waals surface area (Å²) in [6.07, 6.45) is 0. The lowest BCUT2D eigenvalue weighted by Crippen LogP contribution is -2.28. The van der Waals surface area contributed by atoms with E-state index in [4.69, 9.17) is 18.6 Å². The number of para-hydroxylation sites is 1. The molecule has 1 amide bonds. The lowest BCUT2D eigenvalue weighted by molar-refractivity contribution is -0.116. The number of methoxy groups -OCH3 is 1. The molecule has 0 saturated heterocycles. The smallest absolute Gasteiger partial charge is 0.344 e. The van der Waals surface area contributed by atoms with Crippen molar-refractivity contribution in [3.05, 3.63) is 57.1 Å². The molecule has 0 radical (unpaired) electrons. The number of aryl methyl sites for hydroxylation is 2. The quantitative estimate of drug-likeness (QED) is 0.498. The van der Waals surface area contributed by atoms with Crippen LogP contribution in [0.4, 0.5) is 5.88 Å². The molecule has 34 heavy (non-hydrogen) atoms. The molecule has 2 aromatic heterocycles. The van der Waals surface area contributed by atoms with Crippen LogP contribution >= 0.6 is 0 Å². The van der Waals surface area contributed by atoms with E-state index in [0.29, 0.717) is 11.3 Å². The van der Waals surface area contributed by atoms with Crippen molar-refractivity contribution in [2.45, 2.75) is 34.2 Å². The zero-order valence-electron chi connectivity index (χ0n) is 19.6. The van der Waals surface area contributed by atoms with Gasteiger partial charge in [-0.25, -0.2) is 9.59 Å². The number of hydrogen-bond donors (Lipinski definition) is 1. The molecule has 0 bridgehead atoms. The first-order valence-corrected chi connectivity index (χ1v) is 10.7. The van der Waals surface area contributed by atoms with Crippen LogP contribution in [0.3, 0.4) is 0 Å². The van der Waals surface area contributed by atoms with Gasteiger partial charge in [0, 0.05) is 11.5 Å². The monoisotopic (exact) mass is 470 g/mol. The molecule has 0 saturated carbocycles. The maximum atomic E-state index is 13.0. The first kappa shape index (κ1) is 24.6. The number of benzene rings is 1. The summed E-state index contributed by atoms with van der Waals surface area (Å²) in [5.74, 6) is -2.04. The standard InChI is InChI=1S/C24H26N2O8/c1-6-32-23(29)19-14(4)34-22(20(19)24(30)33-7-2)25-17(27)12-26-18(28)11-13(3)15-9-8-10-16(31-5)21(15)26/h8-11H,6-7,12H2,1-5H3,(H,25,27). The summed E-state index contributed by atoms with van der Waals surface area (Å²) in [7, 11) is 1.47. The summed E-state index contributed by atoms with van der Waals surface area (Å²) in [6, 6.07) is 6.73. The Hall–Kier alpha value is -4.08. The zero-order chi connectivity index (χ0) is 25.0. The summed E-state index contributed by atoms with van der Waals surface area (Å²) < 4.78 is 22.2. The van der Waals surface area contributed by atoms with Gasteiger partial charge in [0.2, 0.25) is 11.8 Å². The minimum absolute atomic E-state index is 0.0449. The number of pyridine rings is 1. The maximum Gasteiger partial charge on any atom is 0.344 e. The highest BCUT2D eigenvalue weighted by Gasteiger charge is 2.31. The predicted molar refractivity (Wildman–Crippen MR) is 123 cm³/mol. The third-order valence-electron chi connectivity index (χ3n) is 5.12. The molecule has 0 aliphatic heterocycles. The SMILES string of the molecule is CCOC(=O)c1c(C)oc(NC(=O)Cn2c(=O)cc(C)c3cccc(OC)c32)c1C(=O)OCC. The van der Waals surface area contributed by atoms with Crippen LogP contribution in [0.15, 0.2) is 33.5 Å². The minimum atomic E-state index is -0.850. The summed E-state index contributed by atoms with van der Waals surface area (Å²) >= 11 is 0. The number of esters is 2. The number of amides is 1. The van der Waals surface area contributed by atoms with Gasteiger partial charge in [-0.1, -0.05) is 12.1 Å². The summed E-state index contributed by atoms with van der Waals surface area (Å²) in [6.45, 7) is 6.22. The predicted octanol–water partition coefficient (Wildman–Crippen LogP) is 3.21. The molecule has 0 fully saturated rings. The molecule has 3 aromatic rings. The molecule has 3 rings (SSSR count). The van der Waals surface area contributed by atoms with E-state index in [1.165, 1.54) is 24.7 Å². The first-order valence-electron chi connectivity index (χ1n) is 10.7. The highest BCUT2D eigenvalue weighted by Crippen LogP contribution is 2.30. The number of rotatable bonds is 8. The molecule has 0 atom stereocenters. The number of furan rings is 1. The van der Waals surface area contributed by atoms with Crippen LogP contribution in [0, 0.1) is 13.8 Å². The molecule has 1 N–H and O–H groups in total. The Labute approximate surface area is 195 Å². The van der Waals surface area contributed by atoms with Crippen molar-refractivity contribution < 1.29 is 33.0 Å². The Morgan fingerprint density at radius 3 is 2.29 bits per heavy atom. The van der Waals surface area contributed by atoms with Gasteiger partial charge in [-0.2, -0.15) is 0 Å². The van der Waals surface area contributed by atoms with Crippen LogP contribution in [-0.2, 0) is 20.8 Å². The van der Waals surface area contributed by atoms with Crippen molar-refractivity contribution >= 4 is 34.6 Å². The van der Waals surface area contributed by atoms with E-state index in [1.807, 2.05) is 6.07 Å². The van der Waals surface area contributed by atoms with Crippen molar-refractivity contribution in [1.29, 1.82) is 0 Å². The number of nitrogens with one attached hydrogen (secondary N) is 1. The van der Waals surface area contributed by atoms with Crippen LogP contribution in [0.2, 0.25) is 0 Å². The van der Waals surface area contributed by atoms with E-state index >= 15 is 0 Å². The molecular weight excluding hydrogens is 444 g/mol. The fourth-order valence-corrected chi connectivity index (χ4v) is 3.68. The molecule has 0 aliphatic carbocycles. The number of ether oxygens (including phenoxy) is 3. The second kappa shape index (κ2) is 10.2. The van der Waals surface area contributed by atoms with Crippen LogP contribution < -0.4 is 15.6 Å². The Kier molecular flexibility index (Phi) is 7.40. The van der Waals surface area contributed by atoms with Gasteiger partial charge in [-0.15, -0.1) is 0 Å². The third-order valence-corrected chi connectivity index (χ3v) is 5.12. The van der Waals surface area contributed by atoms with E-state index in [2.05, 4.69) is 5.32 Å². The number of nitrogens with zero attached hydrogens (tertiary/aromatic N) is 1. The summed E-state index contributed by atoms with van der Waals surface area (Å²) in [5, 5.41) is 3.23. The molecule has 10 nitrogen and oxygen atoms in total. The lowest BCUT2D eigenvalue weighted by Gasteiger charge is -2.14. The van der Waals surface area contributed by atoms with Gasteiger partial charge >= 0.3 is 11.9 Å². The lowest BCUT2D eigenvalue weighted by atomic mass is 10.1. The fraction of sp³-hybridized carbons (Fsp3) is 0.333. The highest BCUT2D eigenvalue weighted by atomic mass is 16.5. The van der Waals surface area contributed by atoms with Gasteiger partial charge < -0.3 is 18.6 Å². The topological polar surface area (TPSA) is 126 Å². The van der Waals surface area contributed by atoms with Crippen molar-refractivity contribution in [2.75, 3.05) is 25.6 Å². The molecule has 0 aliphatic rings. The third kappa shape index (κ3) is 4.66. The molecule has 180 valence electrons. The van der Waals surface area contributed by atoms with Crippen molar-refractivity contribution in [3.8, 4) is 5.75 Å². The summed E-state index contributed by atoms with van der Waals surface area (Å²) in [4.78, 5) is 50.7. The number of hydrogen-bond acceptors (Lipinski definition) is 8. The van der Waals surface area contributed by atoms with E-state index in [9.17, 15) is 19.2 Å². The zero-order valence-corrected chi connectivity index (χ0v) is 19.6. The van der Waals surface area contributed by atoms with Crippen LogP contribution in [0.25, 0.3) is 10.9 Å². The first-order chi connectivity index (χ1) is 16.2. The molecular formula is C24H26N2O8. The average Bonchev–Trinajstić information content (AvgIpc) is 3.11. The maximum absolute atomic E-state index is 13.0. The normalized spacial score (nSPS) is 10.7. The Balaban J connectivity index is 2.03.